The Morgan fingerprint density at radius 2 is 1.55 bits per heavy atom. The summed E-state index contributed by atoms with van der Waals surface area (Å²) in [6.45, 7) is 12.2. The maximum absolute atomic E-state index is 10.7. The van der Waals surface area contributed by atoms with Gasteiger partial charge in [-0.25, -0.2) is 0 Å². The highest BCUT2D eigenvalue weighted by atomic mass is 32.2. The molecule has 1 aliphatic carbocycles. The molecule has 0 saturated carbocycles. The Kier molecular flexibility index (Phi) is 4.99. The third kappa shape index (κ3) is 3.69. The first-order chi connectivity index (χ1) is 13.6. The van der Waals surface area contributed by atoms with Gasteiger partial charge in [0, 0.05) is 34.5 Å². The van der Waals surface area contributed by atoms with Gasteiger partial charge in [0.1, 0.15) is 11.5 Å². The molecule has 0 spiro atoms. The number of thioether (sulfide) groups is 1. The van der Waals surface area contributed by atoms with Crippen LogP contribution in [-0.2, 0) is 10.8 Å². The number of hydrogen-bond donors (Lipinski definition) is 3. The third-order valence-corrected chi connectivity index (χ3v) is 7.59. The van der Waals surface area contributed by atoms with Crippen LogP contribution in [0.1, 0.15) is 62.8 Å². The van der Waals surface area contributed by atoms with Crippen LogP contribution in [0.4, 0.5) is 0 Å². The van der Waals surface area contributed by atoms with E-state index in [1.54, 1.807) is 11.8 Å². The molecule has 2 aliphatic rings. The third-order valence-electron chi connectivity index (χ3n) is 6.61. The van der Waals surface area contributed by atoms with Crippen molar-refractivity contribution in [1.29, 1.82) is 0 Å². The smallest absolute Gasteiger partial charge is 0.127 e. The maximum atomic E-state index is 10.7. The quantitative estimate of drug-likeness (QED) is 0.564. The van der Waals surface area contributed by atoms with Gasteiger partial charge in [-0.05, 0) is 71.1 Å². The molecule has 29 heavy (non-hydrogen) atoms. The molecule has 0 aromatic heterocycles. The highest BCUT2D eigenvalue weighted by molar-refractivity contribution is 8.03. The van der Waals surface area contributed by atoms with Gasteiger partial charge in [-0.1, -0.05) is 33.8 Å². The van der Waals surface area contributed by atoms with E-state index in [1.165, 1.54) is 28.5 Å². The number of fused-ring (bicyclic) bond motifs is 1. The van der Waals surface area contributed by atoms with Crippen molar-refractivity contribution in [2.24, 2.45) is 0 Å². The highest BCUT2D eigenvalue weighted by Crippen LogP contribution is 2.48. The van der Waals surface area contributed by atoms with Gasteiger partial charge in [-0.15, -0.1) is 11.8 Å². The highest BCUT2D eigenvalue weighted by Gasteiger charge is 2.37. The number of nitrogens with one attached hydrogen (secondary N) is 1. The fourth-order valence-electron chi connectivity index (χ4n) is 4.57. The summed E-state index contributed by atoms with van der Waals surface area (Å²) in [4.78, 5) is 1.20. The van der Waals surface area contributed by atoms with Crippen LogP contribution < -0.4 is 5.32 Å². The van der Waals surface area contributed by atoms with Crippen LogP contribution in [0, 0.1) is 6.92 Å². The number of hydrogen-bond acceptors (Lipinski definition) is 4. The normalized spacial score (nSPS) is 21.3. The summed E-state index contributed by atoms with van der Waals surface area (Å²) in [5.41, 5.74) is 6.80. The van der Waals surface area contributed by atoms with Gasteiger partial charge >= 0.3 is 0 Å². The predicted molar refractivity (Wildman–Crippen MR) is 124 cm³/mol. The zero-order chi connectivity index (χ0) is 21.0. The van der Waals surface area contributed by atoms with E-state index in [4.69, 9.17) is 0 Å². The number of phenolic OH excluding ortho intramolecular Hbond substituents is 2. The summed E-state index contributed by atoms with van der Waals surface area (Å²) in [5, 5.41) is 24.4. The molecule has 154 valence electrons. The van der Waals surface area contributed by atoms with Crippen LogP contribution in [-0.4, -0.2) is 22.6 Å². The molecule has 1 aliphatic heterocycles. The van der Waals surface area contributed by atoms with E-state index < -0.39 is 0 Å². The summed E-state index contributed by atoms with van der Waals surface area (Å²) >= 11 is 1.75. The lowest BCUT2D eigenvalue weighted by molar-refractivity contribution is 0.332. The van der Waals surface area contributed by atoms with Crippen LogP contribution in [0.3, 0.4) is 0 Å². The minimum absolute atomic E-state index is 0.108. The number of rotatable bonds is 2. The molecule has 0 amide bonds. The molecular formula is C25H31NO2S. The van der Waals surface area contributed by atoms with Gasteiger partial charge in [0.05, 0.1) is 0 Å². The van der Waals surface area contributed by atoms with Crippen LogP contribution >= 0.6 is 11.8 Å². The molecule has 0 unspecified atom stereocenters. The topological polar surface area (TPSA) is 52.5 Å². The van der Waals surface area contributed by atoms with Crippen molar-refractivity contribution in [3.05, 3.63) is 51.4 Å². The molecule has 3 N–H and O–H groups in total. The Bertz CT molecular complexity index is 996. The van der Waals surface area contributed by atoms with Crippen LogP contribution in [0.15, 0.2) is 29.2 Å². The standard InChI is InChI=1S/C25H31NO2S/c1-15-8-20-21(25(4,5)7-6-24(20,2)3)11-18(15)19-10-16(22(27)12-23(19)28)9-17-13-26-14-29-17/h8-12,26-28H,6-7,13-14H2,1-5H3. The molecule has 2 aromatic carbocycles. The summed E-state index contributed by atoms with van der Waals surface area (Å²) in [5.74, 6) is 1.13. The minimum atomic E-state index is 0.108. The Morgan fingerprint density at radius 1 is 0.897 bits per heavy atom. The average Bonchev–Trinajstić information content (AvgIpc) is 3.15. The number of aryl methyl sites for hydroxylation is 1. The molecule has 1 heterocycles. The monoisotopic (exact) mass is 409 g/mol. The van der Waals surface area contributed by atoms with Crippen molar-refractivity contribution in [1.82, 2.24) is 5.32 Å². The van der Waals surface area contributed by atoms with Crippen molar-refractivity contribution in [2.45, 2.75) is 58.3 Å². The van der Waals surface area contributed by atoms with Gasteiger partial charge < -0.3 is 15.5 Å². The van der Waals surface area contributed by atoms with E-state index in [0.29, 0.717) is 0 Å². The second kappa shape index (κ2) is 7.10. The number of phenols is 2. The van der Waals surface area contributed by atoms with Crippen LogP contribution in [0.2, 0.25) is 0 Å². The maximum Gasteiger partial charge on any atom is 0.127 e. The van der Waals surface area contributed by atoms with E-state index in [-0.39, 0.29) is 22.3 Å². The molecule has 2 aromatic rings. The fraction of sp³-hybridized carbons (Fsp3) is 0.440. The van der Waals surface area contributed by atoms with Crippen LogP contribution in [0.25, 0.3) is 17.2 Å². The fourth-order valence-corrected chi connectivity index (χ4v) is 5.38. The van der Waals surface area contributed by atoms with Gasteiger partial charge in [-0.2, -0.15) is 0 Å². The van der Waals surface area contributed by atoms with Crippen molar-refractivity contribution in [2.75, 3.05) is 12.4 Å². The zero-order valence-electron chi connectivity index (χ0n) is 18.0. The first kappa shape index (κ1) is 20.4. The summed E-state index contributed by atoms with van der Waals surface area (Å²) in [6.07, 6.45) is 4.35. The summed E-state index contributed by atoms with van der Waals surface area (Å²) < 4.78 is 0. The first-order valence-electron chi connectivity index (χ1n) is 10.3. The van der Waals surface area contributed by atoms with E-state index in [2.05, 4.69) is 52.1 Å². The average molecular weight is 410 g/mol. The molecule has 1 fully saturated rings. The molecule has 0 radical (unpaired) electrons. The van der Waals surface area contributed by atoms with Crippen molar-refractivity contribution in [3.8, 4) is 22.6 Å². The summed E-state index contributed by atoms with van der Waals surface area (Å²) in [6, 6.07) is 7.99. The molecule has 0 bridgehead atoms. The predicted octanol–water partition coefficient (Wildman–Crippen LogP) is 6.06. The second-order valence-corrected chi connectivity index (χ2v) is 10.8. The SMILES string of the molecule is Cc1cc2c(cc1-c1cc(C=C3CNCS3)c(O)cc1O)C(C)(C)CCC2(C)C. The van der Waals surface area contributed by atoms with Crippen LogP contribution in [0.5, 0.6) is 11.5 Å². The lowest BCUT2D eigenvalue weighted by Gasteiger charge is -2.42. The Balaban J connectivity index is 1.88. The molecule has 1 saturated heterocycles. The molecule has 0 atom stereocenters. The largest absolute Gasteiger partial charge is 0.507 e. The lowest BCUT2D eigenvalue weighted by atomic mass is 9.62. The molecule has 3 nitrogen and oxygen atoms in total. The Hall–Kier alpha value is -1.91. The van der Waals surface area contributed by atoms with Crippen molar-refractivity contribution in [3.63, 3.8) is 0 Å². The second-order valence-electron chi connectivity index (χ2n) is 9.73. The van der Waals surface area contributed by atoms with Gasteiger partial charge in [0.25, 0.3) is 0 Å². The minimum Gasteiger partial charge on any atom is -0.507 e. The molecule has 4 rings (SSSR count). The molecule has 4 heteroatoms. The Labute approximate surface area is 178 Å². The van der Waals surface area contributed by atoms with Crippen molar-refractivity contribution >= 4 is 17.8 Å². The Morgan fingerprint density at radius 3 is 2.17 bits per heavy atom. The number of benzene rings is 2. The number of aromatic hydroxyl groups is 2. The van der Waals surface area contributed by atoms with E-state index in [0.717, 1.165) is 41.1 Å². The zero-order valence-corrected chi connectivity index (χ0v) is 18.8. The van der Waals surface area contributed by atoms with E-state index in [1.807, 2.05) is 12.1 Å². The first-order valence-corrected chi connectivity index (χ1v) is 11.3. The van der Waals surface area contributed by atoms with E-state index >= 15 is 0 Å². The van der Waals surface area contributed by atoms with Gasteiger partial charge in [-0.3, -0.25) is 0 Å². The van der Waals surface area contributed by atoms with Crippen molar-refractivity contribution < 1.29 is 10.2 Å². The lowest BCUT2D eigenvalue weighted by Crippen LogP contribution is -2.34. The van der Waals surface area contributed by atoms with Gasteiger partial charge in [0.15, 0.2) is 0 Å². The molecular weight excluding hydrogens is 378 g/mol. The van der Waals surface area contributed by atoms with Gasteiger partial charge in [0.2, 0.25) is 0 Å². The summed E-state index contributed by atoms with van der Waals surface area (Å²) in [7, 11) is 0. The van der Waals surface area contributed by atoms with E-state index in [9.17, 15) is 10.2 Å².